The Bertz CT molecular complexity index is 910. The van der Waals surface area contributed by atoms with Crippen molar-refractivity contribution >= 4 is 27.3 Å². The quantitative estimate of drug-likeness (QED) is 0.451. The molecule has 2 unspecified atom stereocenters. The van der Waals surface area contributed by atoms with Crippen molar-refractivity contribution in [2.45, 2.75) is 25.4 Å². The smallest absolute Gasteiger partial charge is 0.407 e. The van der Waals surface area contributed by atoms with Crippen molar-refractivity contribution in [3.05, 3.63) is 70.8 Å². The second-order valence-electron chi connectivity index (χ2n) is 6.73. The van der Waals surface area contributed by atoms with Crippen LogP contribution in [0.2, 0.25) is 0 Å². The summed E-state index contributed by atoms with van der Waals surface area (Å²) in [6.45, 7) is 1.29. The van der Waals surface area contributed by atoms with Crippen LogP contribution < -0.4 is 5.32 Å². The van der Waals surface area contributed by atoms with Crippen LogP contribution in [0.15, 0.2) is 48.5 Å². The number of fused-ring (bicyclic) bond motifs is 2. The number of carbonyl (C=O) groups is 1. The highest BCUT2D eigenvalue weighted by Gasteiger charge is 2.21. The molecule has 1 N–H and O–H groups in total. The van der Waals surface area contributed by atoms with Gasteiger partial charge in [-0.05, 0) is 23.1 Å². The van der Waals surface area contributed by atoms with Crippen molar-refractivity contribution in [1.82, 2.24) is 5.32 Å². The fourth-order valence-corrected chi connectivity index (χ4v) is 3.66. The van der Waals surface area contributed by atoms with E-state index in [0.717, 1.165) is 22.3 Å². The van der Waals surface area contributed by atoms with E-state index in [9.17, 15) is 4.79 Å². The molecule has 6 nitrogen and oxygen atoms in total. The lowest BCUT2D eigenvalue weighted by Gasteiger charge is -2.23. The lowest BCUT2D eigenvalue weighted by Crippen LogP contribution is -2.28. The van der Waals surface area contributed by atoms with Crippen LogP contribution in [-0.2, 0) is 20.2 Å². The van der Waals surface area contributed by atoms with Gasteiger partial charge in [0.05, 0.1) is 25.7 Å². The van der Waals surface area contributed by atoms with Crippen LogP contribution in [-0.4, -0.2) is 25.9 Å². The SMILES string of the molecule is N#CCCOPOCCCNC(=O)OC1Cc2ccccc2/C=C\c2ccccc21. The molecule has 1 aliphatic rings. The summed E-state index contributed by atoms with van der Waals surface area (Å²) in [6.07, 6.45) is 5.00. The van der Waals surface area contributed by atoms with E-state index >= 15 is 0 Å². The third kappa shape index (κ3) is 6.67. The van der Waals surface area contributed by atoms with Crippen LogP contribution in [0.25, 0.3) is 12.2 Å². The Hall–Kier alpha value is -2.71. The minimum absolute atomic E-state index is 0.0887. The zero-order valence-electron chi connectivity index (χ0n) is 16.7. The van der Waals surface area contributed by atoms with Crippen molar-refractivity contribution in [1.29, 1.82) is 5.26 Å². The van der Waals surface area contributed by atoms with E-state index in [2.05, 4.69) is 29.6 Å². The van der Waals surface area contributed by atoms with Crippen LogP contribution in [0.1, 0.15) is 41.2 Å². The molecule has 2 atom stereocenters. The van der Waals surface area contributed by atoms with Crippen LogP contribution in [0, 0.1) is 11.3 Å². The Morgan fingerprint density at radius 2 is 1.80 bits per heavy atom. The average Bonchev–Trinajstić information content (AvgIpc) is 2.76. The molecule has 3 rings (SSSR count). The van der Waals surface area contributed by atoms with E-state index < -0.39 is 6.09 Å². The number of nitriles is 1. The molecule has 7 heteroatoms. The molecule has 0 saturated carbocycles. The molecule has 2 aromatic rings. The number of carbonyl (C=O) groups excluding carboxylic acids is 1. The van der Waals surface area contributed by atoms with E-state index in [0.29, 0.717) is 39.0 Å². The molecule has 0 spiro atoms. The number of alkyl carbamates (subject to hydrolysis) is 1. The normalized spacial score (nSPS) is 16.0. The third-order valence-corrected chi connectivity index (χ3v) is 5.27. The zero-order valence-corrected chi connectivity index (χ0v) is 17.7. The van der Waals surface area contributed by atoms with Gasteiger partial charge in [-0.1, -0.05) is 60.7 Å². The van der Waals surface area contributed by atoms with Crippen LogP contribution in [0.5, 0.6) is 0 Å². The van der Waals surface area contributed by atoms with Gasteiger partial charge in [-0.15, -0.1) is 0 Å². The van der Waals surface area contributed by atoms with Gasteiger partial charge in [-0.25, -0.2) is 4.79 Å². The van der Waals surface area contributed by atoms with Gasteiger partial charge in [0.25, 0.3) is 0 Å². The Balaban J connectivity index is 1.51. The van der Waals surface area contributed by atoms with Crippen molar-refractivity contribution in [2.24, 2.45) is 0 Å². The Morgan fingerprint density at radius 3 is 2.67 bits per heavy atom. The molecule has 156 valence electrons. The number of rotatable bonds is 9. The predicted molar refractivity (Wildman–Crippen MR) is 118 cm³/mol. The number of hydrogen-bond acceptors (Lipinski definition) is 5. The summed E-state index contributed by atoms with van der Waals surface area (Å²) >= 11 is 0. The summed E-state index contributed by atoms with van der Waals surface area (Å²) in [5, 5.41) is 11.2. The maximum atomic E-state index is 12.4. The lowest BCUT2D eigenvalue weighted by atomic mass is 9.91. The largest absolute Gasteiger partial charge is 0.441 e. The number of benzene rings is 2. The summed E-state index contributed by atoms with van der Waals surface area (Å²) in [4.78, 5) is 12.4. The van der Waals surface area contributed by atoms with Gasteiger partial charge in [0.2, 0.25) is 0 Å². The first-order valence-electron chi connectivity index (χ1n) is 9.93. The lowest BCUT2D eigenvalue weighted by molar-refractivity contribution is 0.0969. The fraction of sp³-hybridized carbons (Fsp3) is 0.304. The van der Waals surface area contributed by atoms with Gasteiger partial charge >= 0.3 is 6.09 Å². The fourth-order valence-electron chi connectivity index (χ4n) is 3.16. The second kappa shape index (κ2) is 12.1. The molecule has 1 aliphatic carbocycles. The summed E-state index contributed by atoms with van der Waals surface area (Å²) in [6, 6.07) is 18.1. The maximum Gasteiger partial charge on any atom is 0.407 e. The number of nitrogens with zero attached hydrogens (tertiary/aromatic N) is 1. The highest BCUT2D eigenvalue weighted by molar-refractivity contribution is 7.26. The Kier molecular flexibility index (Phi) is 8.86. The molecule has 0 aromatic heterocycles. The van der Waals surface area contributed by atoms with Gasteiger partial charge in [0, 0.05) is 18.5 Å². The summed E-state index contributed by atoms with van der Waals surface area (Å²) in [5.74, 6) is 0. The minimum Gasteiger partial charge on any atom is -0.441 e. The van der Waals surface area contributed by atoms with Crippen molar-refractivity contribution in [3.63, 3.8) is 0 Å². The second-order valence-corrected chi connectivity index (χ2v) is 7.47. The molecule has 0 saturated heterocycles. The Labute approximate surface area is 178 Å². The highest BCUT2D eigenvalue weighted by Crippen LogP contribution is 2.31. The molecule has 1 amide bonds. The molecule has 0 aliphatic heterocycles. The minimum atomic E-state index is -0.440. The molecule has 0 fully saturated rings. The average molecular weight is 424 g/mol. The monoisotopic (exact) mass is 424 g/mol. The zero-order chi connectivity index (χ0) is 21.0. The van der Waals surface area contributed by atoms with Gasteiger partial charge in [0.15, 0.2) is 9.03 Å². The number of amides is 1. The van der Waals surface area contributed by atoms with Gasteiger partial charge in [0.1, 0.15) is 6.10 Å². The standard InChI is InChI=1S/C23H25N2O4P/c24-13-5-15-27-30-28-16-6-14-25-23(26)29-22-17-20-9-2-1-7-18(20)11-12-19-8-3-4-10-21(19)22/h1-4,7-12,22,30H,5-6,14-17H2,(H,25,26)/b12-11-. The van der Waals surface area contributed by atoms with Gasteiger partial charge in [-0.2, -0.15) is 5.26 Å². The summed E-state index contributed by atoms with van der Waals surface area (Å²) in [7, 11) is -0.0887. The molecule has 0 bridgehead atoms. The van der Waals surface area contributed by atoms with Crippen LogP contribution >= 0.6 is 9.03 Å². The molecule has 30 heavy (non-hydrogen) atoms. The van der Waals surface area contributed by atoms with E-state index in [1.165, 1.54) is 0 Å². The van der Waals surface area contributed by atoms with Gasteiger partial charge in [-0.3, -0.25) is 0 Å². The number of ether oxygens (including phenoxy) is 1. The van der Waals surface area contributed by atoms with E-state index in [4.69, 9.17) is 19.0 Å². The van der Waals surface area contributed by atoms with Crippen molar-refractivity contribution in [3.8, 4) is 6.07 Å². The topological polar surface area (TPSA) is 80.6 Å². The summed E-state index contributed by atoms with van der Waals surface area (Å²) in [5.41, 5.74) is 4.33. The third-order valence-electron chi connectivity index (χ3n) is 4.62. The maximum absolute atomic E-state index is 12.4. The molecule has 0 radical (unpaired) electrons. The van der Waals surface area contributed by atoms with E-state index in [1.54, 1.807) is 0 Å². The van der Waals surface area contributed by atoms with E-state index in [-0.39, 0.29) is 15.1 Å². The molecular formula is C23H25N2O4P. The first-order valence-corrected chi connectivity index (χ1v) is 10.7. The van der Waals surface area contributed by atoms with Crippen molar-refractivity contribution in [2.75, 3.05) is 19.8 Å². The molecular weight excluding hydrogens is 399 g/mol. The van der Waals surface area contributed by atoms with Crippen LogP contribution in [0.3, 0.4) is 0 Å². The highest BCUT2D eigenvalue weighted by atomic mass is 31.1. The first-order chi connectivity index (χ1) is 14.8. The van der Waals surface area contributed by atoms with Crippen molar-refractivity contribution < 1.29 is 18.6 Å². The molecule has 2 aromatic carbocycles. The predicted octanol–water partition coefficient (Wildman–Crippen LogP) is 5.03. The number of hydrogen-bond donors (Lipinski definition) is 1. The van der Waals surface area contributed by atoms with Crippen LogP contribution in [0.4, 0.5) is 4.79 Å². The number of nitrogens with one attached hydrogen (secondary N) is 1. The summed E-state index contributed by atoms with van der Waals surface area (Å²) < 4.78 is 16.3. The molecule has 0 heterocycles. The van der Waals surface area contributed by atoms with E-state index in [1.807, 2.05) is 42.5 Å². The Morgan fingerprint density at radius 1 is 1.07 bits per heavy atom. The first kappa shape index (κ1) is 22.0. The van der Waals surface area contributed by atoms with Gasteiger partial charge < -0.3 is 19.1 Å².